The Morgan fingerprint density at radius 3 is 2.09 bits per heavy atom. The molecule has 3 rings (SSSR count). The molecule has 0 aromatic heterocycles. The maximum Gasteiger partial charge on any atom is 0.251 e. The van der Waals surface area contributed by atoms with E-state index in [1.165, 1.54) is 4.31 Å². The maximum atomic E-state index is 14.0. The van der Waals surface area contributed by atoms with E-state index in [0.717, 1.165) is 11.1 Å². The number of benzene rings is 1. The van der Waals surface area contributed by atoms with Crippen molar-refractivity contribution in [3.05, 3.63) is 33.8 Å². The number of amides is 1. The van der Waals surface area contributed by atoms with Crippen LogP contribution < -0.4 is 5.32 Å². The lowest BCUT2D eigenvalue weighted by Crippen LogP contribution is -2.63. The van der Waals surface area contributed by atoms with Crippen molar-refractivity contribution >= 4 is 39.9 Å². The van der Waals surface area contributed by atoms with Gasteiger partial charge in [-0.25, -0.2) is 17.2 Å². The third-order valence-electron chi connectivity index (χ3n) is 6.98. The van der Waals surface area contributed by atoms with Gasteiger partial charge in [-0.2, -0.15) is 4.31 Å². The average molecular weight is 543 g/mol. The zero-order chi connectivity index (χ0) is 24.4. The van der Waals surface area contributed by atoms with Crippen LogP contribution in [0.1, 0.15) is 60.5 Å². The molecular weight excluding hydrogens is 507 g/mol. The largest absolute Gasteiger partial charge is 0.350 e. The lowest BCUT2D eigenvalue weighted by Gasteiger charge is -2.50. The SMILES string of the molecule is CCCS(=O)(=O)N1CCN(C2(CNC(=O)c3c(C)cc(Cl)cc3C)CCC(F)(F)CC2)CC1.Cl. The molecule has 1 N–H and O–H groups in total. The van der Waals surface area contributed by atoms with Crippen molar-refractivity contribution < 1.29 is 22.0 Å². The van der Waals surface area contributed by atoms with Gasteiger partial charge in [0.2, 0.25) is 15.9 Å². The van der Waals surface area contributed by atoms with Crippen LogP contribution in [0.5, 0.6) is 0 Å². The summed E-state index contributed by atoms with van der Waals surface area (Å²) >= 11 is 6.08. The van der Waals surface area contributed by atoms with Crippen molar-refractivity contribution in [3.8, 4) is 0 Å². The molecule has 1 aliphatic heterocycles. The smallest absolute Gasteiger partial charge is 0.251 e. The predicted molar refractivity (Wildman–Crippen MR) is 134 cm³/mol. The number of aryl methyl sites for hydroxylation is 2. The second-order valence-corrected chi connectivity index (χ2v) is 11.9. The molecular formula is C23H35Cl2F2N3O3S. The van der Waals surface area contributed by atoms with Gasteiger partial charge in [0.05, 0.1) is 5.75 Å². The summed E-state index contributed by atoms with van der Waals surface area (Å²) in [5.41, 5.74) is 1.45. The van der Waals surface area contributed by atoms with E-state index in [1.54, 1.807) is 12.1 Å². The molecule has 1 aromatic carbocycles. The number of sulfonamides is 1. The molecule has 1 aliphatic carbocycles. The predicted octanol–water partition coefficient (Wildman–Crippen LogP) is 4.41. The molecule has 2 fully saturated rings. The first-order chi connectivity index (χ1) is 15.4. The number of hydrogen-bond donors (Lipinski definition) is 1. The van der Waals surface area contributed by atoms with Crippen molar-refractivity contribution in [1.82, 2.24) is 14.5 Å². The van der Waals surface area contributed by atoms with E-state index in [0.29, 0.717) is 43.2 Å². The highest BCUT2D eigenvalue weighted by Crippen LogP contribution is 2.42. The Balaban J connectivity index is 0.00000408. The fraction of sp³-hybridized carbons (Fsp3) is 0.696. The van der Waals surface area contributed by atoms with Gasteiger partial charge in [-0.3, -0.25) is 9.69 Å². The molecule has 194 valence electrons. The Hall–Kier alpha value is -1.00. The second kappa shape index (κ2) is 11.4. The minimum atomic E-state index is -3.29. The van der Waals surface area contributed by atoms with Gasteiger partial charge < -0.3 is 5.32 Å². The average Bonchev–Trinajstić information content (AvgIpc) is 2.73. The molecule has 2 aliphatic rings. The van der Waals surface area contributed by atoms with E-state index < -0.39 is 21.5 Å². The highest BCUT2D eigenvalue weighted by Gasteiger charge is 2.47. The summed E-state index contributed by atoms with van der Waals surface area (Å²) in [7, 11) is -3.29. The summed E-state index contributed by atoms with van der Waals surface area (Å²) in [6.45, 7) is 7.31. The number of carbonyl (C=O) groups excluding carboxylic acids is 1. The standard InChI is InChI=1S/C23H34ClF2N3O3S.ClH/c1-4-13-33(31,32)29-11-9-28(10-12-29)22(5-7-23(25,26)8-6-22)16-27-21(30)20-17(2)14-19(24)15-18(20)3;/h14-15H,4-13,16H2,1-3H3,(H,27,30);1H. The number of rotatable bonds is 7. The van der Waals surface area contributed by atoms with E-state index in [4.69, 9.17) is 11.6 Å². The Kier molecular flexibility index (Phi) is 9.78. The number of piperazine rings is 1. The first-order valence-corrected chi connectivity index (χ1v) is 13.5. The van der Waals surface area contributed by atoms with E-state index in [2.05, 4.69) is 10.2 Å². The van der Waals surface area contributed by atoms with E-state index in [-0.39, 0.29) is 56.3 Å². The summed E-state index contributed by atoms with van der Waals surface area (Å²) < 4.78 is 54.4. The number of nitrogens with zero attached hydrogens (tertiary/aromatic N) is 2. The minimum Gasteiger partial charge on any atom is -0.350 e. The van der Waals surface area contributed by atoms with Crippen molar-refractivity contribution in [3.63, 3.8) is 0 Å². The third-order valence-corrected chi connectivity index (χ3v) is 9.27. The quantitative estimate of drug-likeness (QED) is 0.554. The monoisotopic (exact) mass is 541 g/mol. The molecule has 1 saturated heterocycles. The van der Waals surface area contributed by atoms with Crippen LogP contribution in [0.25, 0.3) is 0 Å². The van der Waals surface area contributed by atoms with E-state index >= 15 is 0 Å². The molecule has 34 heavy (non-hydrogen) atoms. The van der Waals surface area contributed by atoms with Gasteiger partial charge in [0.1, 0.15) is 0 Å². The van der Waals surface area contributed by atoms with Crippen LogP contribution in [-0.4, -0.2) is 73.5 Å². The van der Waals surface area contributed by atoms with Crippen LogP contribution >= 0.6 is 24.0 Å². The van der Waals surface area contributed by atoms with Crippen molar-refractivity contribution in [2.45, 2.75) is 64.3 Å². The first-order valence-electron chi connectivity index (χ1n) is 11.5. The number of halogens is 4. The van der Waals surface area contributed by atoms with Crippen LogP contribution in [0.4, 0.5) is 8.78 Å². The number of carbonyl (C=O) groups is 1. The van der Waals surface area contributed by atoms with E-state index in [1.807, 2.05) is 20.8 Å². The molecule has 0 atom stereocenters. The van der Waals surface area contributed by atoms with Crippen molar-refractivity contribution in [2.24, 2.45) is 0 Å². The molecule has 1 heterocycles. The summed E-state index contributed by atoms with van der Waals surface area (Å²) in [5, 5.41) is 3.56. The minimum absolute atomic E-state index is 0. The molecule has 0 radical (unpaired) electrons. The Labute approximate surface area is 212 Å². The zero-order valence-electron chi connectivity index (χ0n) is 20.0. The van der Waals surface area contributed by atoms with Gasteiger partial charge in [0.15, 0.2) is 0 Å². The molecule has 0 bridgehead atoms. The van der Waals surface area contributed by atoms with Crippen molar-refractivity contribution in [2.75, 3.05) is 38.5 Å². The molecule has 1 amide bonds. The Bertz CT molecular complexity index is 951. The molecule has 11 heteroatoms. The van der Waals surface area contributed by atoms with Gasteiger partial charge in [0, 0.05) is 61.7 Å². The third kappa shape index (κ3) is 6.60. The van der Waals surface area contributed by atoms with Crippen LogP contribution in [0.15, 0.2) is 12.1 Å². The number of alkyl halides is 2. The van der Waals surface area contributed by atoms with Gasteiger partial charge in [-0.05, 0) is 56.4 Å². The second-order valence-electron chi connectivity index (χ2n) is 9.38. The fourth-order valence-corrected chi connectivity index (χ4v) is 6.94. The first kappa shape index (κ1) is 29.2. The van der Waals surface area contributed by atoms with Crippen LogP contribution in [0.3, 0.4) is 0 Å². The maximum absolute atomic E-state index is 14.0. The lowest BCUT2D eigenvalue weighted by atomic mass is 9.78. The number of hydrogen-bond acceptors (Lipinski definition) is 4. The highest BCUT2D eigenvalue weighted by molar-refractivity contribution is 7.89. The van der Waals surface area contributed by atoms with Crippen LogP contribution in [0, 0.1) is 13.8 Å². The Morgan fingerprint density at radius 1 is 1.06 bits per heavy atom. The highest BCUT2D eigenvalue weighted by atomic mass is 35.5. The van der Waals surface area contributed by atoms with Crippen LogP contribution in [-0.2, 0) is 10.0 Å². The van der Waals surface area contributed by atoms with Gasteiger partial charge in [-0.15, -0.1) is 12.4 Å². The number of nitrogens with one attached hydrogen (secondary N) is 1. The summed E-state index contributed by atoms with van der Waals surface area (Å²) in [4.78, 5) is 15.2. The normalized spacial score (nSPS) is 21.0. The summed E-state index contributed by atoms with van der Waals surface area (Å²) in [5.74, 6) is -2.84. The van der Waals surface area contributed by atoms with Gasteiger partial charge in [-0.1, -0.05) is 18.5 Å². The zero-order valence-corrected chi connectivity index (χ0v) is 22.4. The lowest BCUT2D eigenvalue weighted by molar-refractivity contribution is -0.0856. The van der Waals surface area contributed by atoms with Crippen LogP contribution in [0.2, 0.25) is 5.02 Å². The summed E-state index contributed by atoms with van der Waals surface area (Å²) in [6.07, 6.45) is 0.574. The van der Waals surface area contributed by atoms with E-state index in [9.17, 15) is 22.0 Å². The molecule has 1 saturated carbocycles. The topological polar surface area (TPSA) is 69.7 Å². The molecule has 1 aromatic rings. The molecule has 0 spiro atoms. The Morgan fingerprint density at radius 2 is 1.59 bits per heavy atom. The molecule has 0 unspecified atom stereocenters. The van der Waals surface area contributed by atoms with Gasteiger partial charge in [0.25, 0.3) is 5.91 Å². The van der Waals surface area contributed by atoms with Gasteiger partial charge >= 0.3 is 0 Å². The summed E-state index contributed by atoms with van der Waals surface area (Å²) in [6, 6.07) is 3.47. The fourth-order valence-electron chi connectivity index (χ4n) is 5.12. The molecule has 6 nitrogen and oxygen atoms in total. The van der Waals surface area contributed by atoms with Crippen molar-refractivity contribution in [1.29, 1.82) is 0 Å².